The lowest BCUT2D eigenvalue weighted by Crippen LogP contribution is -2.02. The summed E-state index contributed by atoms with van der Waals surface area (Å²) in [6.45, 7) is 6.53. The first-order valence-electron chi connectivity index (χ1n) is 5.10. The molecule has 0 amide bonds. The minimum atomic E-state index is 0.716. The molecule has 2 aromatic rings. The van der Waals surface area contributed by atoms with Crippen molar-refractivity contribution >= 4 is 32.5 Å². The van der Waals surface area contributed by atoms with Crippen molar-refractivity contribution < 1.29 is 0 Å². The summed E-state index contributed by atoms with van der Waals surface area (Å²) in [5.41, 5.74) is 3.13. The highest BCUT2D eigenvalue weighted by atomic mass is 79.9. The van der Waals surface area contributed by atoms with Crippen molar-refractivity contribution in [1.82, 2.24) is 4.98 Å². The molecule has 0 saturated carbocycles. The maximum atomic E-state index is 4.49. The molecule has 0 atom stereocenters. The second kappa shape index (κ2) is 4.66. The highest BCUT2D eigenvalue weighted by molar-refractivity contribution is 9.11. The SMILES string of the molecule is C=C(Br)CNc1cc(C)nc2ccccc12. The number of para-hydroxylation sites is 1. The lowest BCUT2D eigenvalue weighted by Gasteiger charge is -2.09. The highest BCUT2D eigenvalue weighted by Gasteiger charge is 2.02. The molecule has 1 aromatic heterocycles. The van der Waals surface area contributed by atoms with E-state index in [2.05, 4.69) is 44.9 Å². The first-order chi connectivity index (χ1) is 7.66. The fraction of sp³-hybridized carbons (Fsp3) is 0.154. The van der Waals surface area contributed by atoms with Gasteiger partial charge in [-0.2, -0.15) is 0 Å². The molecule has 1 heterocycles. The normalized spacial score (nSPS) is 10.4. The second-order valence-electron chi connectivity index (χ2n) is 3.70. The minimum Gasteiger partial charge on any atom is -0.380 e. The summed E-state index contributed by atoms with van der Waals surface area (Å²) >= 11 is 3.34. The van der Waals surface area contributed by atoms with Gasteiger partial charge in [-0.05, 0) is 19.1 Å². The lowest BCUT2D eigenvalue weighted by atomic mass is 10.1. The van der Waals surface area contributed by atoms with Crippen LogP contribution in [0.2, 0.25) is 0 Å². The van der Waals surface area contributed by atoms with Gasteiger partial charge in [0, 0.05) is 27.8 Å². The van der Waals surface area contributed by atoms with Crippen molar-refractivity contribution in [3.63, 3.8) is 0 Å². The number of benzene rings is 1. The molecule has 2 nitrogen and oxygen atoms in total. The van der Waals surface area contributed by atoms with Crippen LogP contribution in [0.5, 0.6) is 0 Å². The lowest BCUT2D eigenvalue weighted by molar-refractivity contribution is 1.24. The van der Waals surface area contributed by atoms with Crippen molar-refractivity contribution in [2.75, 3.05) is 11.9 Å². The van der Waals surface area contributed by atoms with E-state index >= 15 is 0 Å². The summed E-state index contributed by atoms with van der Waals surface area (Å²) in [4.78, 5) is 4.49. The maximum Gasteiger partial charge on any atom is 0.0725 e. The Morgan fingerprint density at radius 2 is 2.19 bits per heavy atom. The molecule has 0 spiro atoms. The highest BCUT2D eigenvalue weighted by Crippen LogP contribution is 2.23. The third kappa shape index (κ3) is 2.42. The van der Waals surface area contributed by atoms with Crippen LogP contribution in [0, 0.1) is 6.92 Å². The van der Waals surface area contributed by atoms with Crippen molar-refractivity contribution in [1.29, 1.82) is 0 Å². The fourth-order valence-corrected chi connectivity index (χ4v) is 1.79. The molecule has 0 radical (unpaired) electrons. The van der Waals surface area contributed by atoms with Crippen molar-refractivity contribution in [2.24, 2.45) is 0 Å². The zero-order chi connectivity index (χ0) is 11.5. The van der Waals surface area contributed by atoms with Crippen molar-refractivity contribution in [2.45, 2.75) is 6.92 Å². The number of hydrogen-bond donors (Lipinski definition) is 1. The fourth-order valence-electron chi connectivity index (χ4n) is 1.65. The quantitative estimate of drug-likeness (QED) is 0.921. The molecule has 82 valence electrons. The van der Waals surface area contributed by atoms with E-state index in [0.717, 1.165) is 26.8 Å². The second-order valence-corrected chi connectivity index (χ2v) is 4.82. The van der Waals surface area contributed by atoms with Crippen LogP contribution in [0.25, 0.3) is 10.9 Å². The number of rotatable bonds is 3. The van der Waals surface area contributed by atoms with Gasteiger partial charge in [-0.25, -0.2) is 0 Å². The standard InChI is InChI=1S/C13H13BrN2/c1-9(14)8-15-13-7-10(2)16-12-6-4-3-5-11(12)13/h3-7H,1,8H2,2H3,(H,15,16). The van der Waals surface area contributed by atoms with Crippen LogP contribution in [0.4, 0.5) is 5.69 Å². The molecule has 0 aliphatic heterocycles. The summed E-state index contributed by atoms with van der Waals surface area (Å²) in [5, 5.41) is 4.48. The van der Waals surface area contributed by atoms with E-state index in [4.69, 9.17) is 0 Å². The first-order valence-corrected chi connectivity index (χ1v) is 5.89. The smallest absolute Gasteiger partial charge is 0.0725 e. The number of aryl methyl sites for hydroxylation is 1. The molecule has 1 N–H and O–H groups in total. The Morgan fingerprint density at radius 1 is 1.44 bits per heavy atom. The molecule has 16 heavy (non-hydrogen) atoms. The summed E-state index contributed by atoms with van der Waals surface area (Å²) in [5.74, 6) is 0. The van der Waals surface area contributed by atoms with Gasteiger partial charge in [-0.1, -0.05) is 40.7 Å². The van der Waals surface area contributed by atoms with E-state index in [1.165, 1.54) is 0 Å². The molecule has 2 rings (SSSR count). The molecular weight excluding hydrogens is 264 g/mol. The van der Waals surface area contributed by atoms with E-state index in [9.17, 15) is 0 Å². The topological polar surface area (TPSA) is 24.9 Å². The molecule has 0 saturated heterocycles. The van der Waals surface area contributed by atoms with Crippen LogP contribution in [0.3, 0.4) is 0 Å². The largest absolute Gasteiger partial charge is 0.380 e. The first kappa shape index (κ1) is 11.1. The number of halogens is 1. The molecule has 0 aliphatic rings. The van der Waals surface area contributed by atoms with E-state index in [0.29, 0.717) is 6.54 Å². The molecular formula is C13H13BrN2. The van der Waals surface area contributed by atoms with Crippen molar-refractivity contribution in [3.8, 4) is 0 Å². The van der Waals surface area contributed by atoms with Gasteiger partial charge in [-0.3, -0.25) is 4.98 Å². The van der Waals surface area contributed by atoms with E-state index < -0.39 is 0 Å². The van der Waals surface area contributed by atoms with Gasteiger partial charge in [0.2, 0.25) is 0 Å². The van der Waals surface area contributed by atoms with Crippen LogP contribution in [-0.2, 0) is 0 Å². The Balaban J connectivity index is 2.46. The third-order valence-corrected chi connectivity index (χ3v) is 2.60. The molecule has 0 unspecified atom stereocenters. The van der Waals surface area contributed by atoms with Gasteiger partial charge < -0.3 is 5.32 Å². The van der Waals surface area contributed by atoms with E-state index in [1.807, 2.05) is 25.1 Å². The summed E-state index contributed by atoms with van der Waals surface area (Å²) in [6.07, 6.45) is 0. The zero-order valence-corrected chi connectivity index (χ0v) is 10.7. The molecule has 3 heteroatoms. The number of hydrogen-bond acceptors (Lipinski definition) is 2. The Hall–Kier alpha value is -1.35. The number of nitrogens with one attached hydrogen (secondary N) is 1. The average Bonchev–Trinajstić information content (AvgIpc) is 2.25. The van der Waals surface area contributed by atoms with Crippen molar-refractivity contribution in [3.05, 3.63) is 47.1 Å². The van der Waals surface area contributed by atoms with Crippen LogP contribution in [0.1, 0.15) is 5.69 Å². The number of nitrogens with zero attached hydrogens (tertiary/aromatic N) is 1. The molecule has 1 aromatic carbocycles. The number of pyridine rings is 1. The van der Waals surface area contributed by atoms with Gasteiger partial charge in [0.25, 0.3) is 0 Å². The third-order valence-electron chi connectivity index (χ3n) is 2.31. The van der Waals surface area contributed by atoms with Crippen LogP contribution < -0.4 is 5.32 Å². The predicted molar refractivity (Wildman–Crippen MR) is 73.0 cm³/mol. The van der Waals surface area contributed by atoms with E-state index in [1.54, 1.807) is 0 Å². The average molecular weight is 277 g/mol. The van der Waals surface area contributed by atoms with Crippen LogP contribution >= 0.6 is 15.9 Å². The molecule has 0 fully saturated rings. The number of fused-ring (bicyclic) bond motifs is 1. The summed E-state index contributed by atoms with van der Waals surface area (Å²) in [7, 11) is 0. The van der Waals surface area contributed by atoms with Gasteiger partial charge in [0.15, 0.2) is 0 Å². The Morgan fingerprint density at radius 3 is 2.94 bits per heavy atom. The maximum absolute atomic E-state index is 4.49. The Kier molecular flexibility index (Phi) is 3.25. The van der Waals surface area contributed by atoms with Gasteiger partial charge in [0.05, 0.1) is 5.52 Å². The van der Waals surface area contributed by atoms with Gasteiger partial charge in [0.1, 0.15) is 0 Å². The predicted octanol–water partition coefficient (Wildman–Crippen LogP) is 3.86. The summed E-state index contributed by atoms with van der Waals surface area (Å²) in [6, 6.07) is 10.2. The molecule has 0 aliphatic carbocycles. The zero-order valence-electron chi connectivity index (χ0n) is 9.13. The van der Waals surface area contributed by atoms with Crippen LogP contribution in [-0.4, -0.2) is 11.5 Å². The minimum absolute atomic E-state index is 0.716. The van der Waals surface area contributed by atoms with Crippen LogP contribution in [0.15, 0.2) is 41.4 Å². The number of aromatic nitrogens is 1. The Labute approximate surface area is 104 Å². The van der Waals surface area contributed by atoms with Gasteiger partial charge >= 0.3 is 0 Å². The van der Waals surface area contributed by atoms with Gasteiger partial charge in [-0.15, -0.1) is 0 Å². The van der Waals surface area contributed by atoms with E-state index in [-0.39, 0.29) is 0 Å². The molecule has 0 bridgehead atoms. The summed E-state index contributed by atoms with van der Waals surface area (Å²) < 4.78 is 0.936. The number of anilines is 1. The Bertz CT molecular complexity index is 534. The monoisotopic (exact) mass is 276 g/mol.